The zero-order valence-electron chi connectivity index (χ0n) is 26.1. The normalized spacial score (nSPS) is 12.5. The molecule has 49 heavy (non-hydrogen) atoms. The predicted molar refractivity (Wildman–Crippen MR) is 189 cm³/mol. The van der Waals surface area contributed by atoms with Crippen LogP contribution in [0.2, 0.25) is 0 Å². The molecule has 0 saturated carbocycles. The van der Waals surface area contributed by atoms with Gasteiger partial charge in [0.25, 0.3) is 0 Å². The number of benzene rings is 2. The van der Waals surface area contributed by atoms with Crippen molar-refractivity contribution in [3.05, 3.63) is 88.3 Å². The minimum absolute atomic E-state index is 0.577. The number of nitrogens with one attached hydrogen (secondary N) is 4. The molecule has 0 unspecified atom stereocenters. The fourth-order valence-corrected chi connectivity index (χ4v) is 6.10. The maximum absolute atomic E-state index is 5.56. The SMILES string of the molecule is COc1cc2c(cc1Nc1ncnc3n[nH]c(-c4cccnc4)c13)C=NC2.COc1cc2c(cc1Nc1ncnc3n[nH]c(Br)c13)C=NC2. The van der Waals surface area contributed by atoms with Crippen molar-refractivity contribution in [3.63, 3.8) is 0 Å². The molecule has 2 aromatic carbocycles. The molecular weight excluding hydrogens is 690 g/mol. The standard InChI is InChI=1S/C19H15N7O.C14H11BrN6O/c1-27-15-6-13-9-21-8-12(13)5-14(15)24-18-16-17(11-3-2-4-20-7-11)25-26-19(16)23-10-22-18;1-22-10-3-8-5-16-4-7(8)2-9(10)19-13-11-12(15)20-21-14(11)18-6-17-13/h2-8,10H,9H2,1H3,(H2,22,23,24,25,26);2-4,6H,5H2,1H3,(H2,17,18,19,20,21). The summed E-state index contributed by atoms with van der Waals surface area (Å²) in [6, 6.07) is 11.9. The van der Waals surface area contributed by atoms with E-state index in [1.807, 2.05) is 48.8 Å². The van der Waals surface area contributed by atoms with Gasteiger partial charge in [-0.15, -0.1) is 0 Å². The van der Waals surface area contributed by atoms with E-state index in [2.05, 4.69) is 81.9 Å². The van der Waals surface area contributed by atoms with E-state index in [4.69, 9.17) is 9.47 Å². The molecule has 15 nitrogen and oxygen atoms in total. The van der Waals surface area contributed by atoms with Gasteiger partial charge in [-0.25, -0.2) is 19.9 Å². The quantitative estimate of drug-likeness (QED) is 0.154. The monoisotopic (exact) mass is 715 g/mol. The van der Waals surface area contributed by atoms with Gasteiger partial charge in [0.05, 0.1) is 55.2 Å². The molecule has 2 aliphatic heterocycles. The summed E-state index contributed by atoms with van der Waals surface area (Å²) >= 11 is 3.43. The first-order valence-corrected chi connectivity index (χ1v) is 15.8. The van der Waals surface area contributed by atoms with E-state index in [0.717, 1.165) is 71.8 Å². The summed E-state index contributed by atoms with van der Waals surface area (Å²) in [6.45, 7) is 1.37. The number of aliphatic imine (C=N–C) groups is 2. The number of halogens is 1. The third-order valence-electron chi connectivity index (χ3n) is 8.02. The molecule has 0 atom stereocenters. The Bertz CT molecular complexity index is 2410. The predicted octanol–water partition coefficient (Wildman–Crippen LogP) is 5.90. The molecule has 4 N–H and O–H groups in total. The third-order valence-corrected chi connectivity index (χ3v) is 8.59. The molecule has 7 heterocycles. The summed E-state index contributed by atoms with van der Waals surface area (Å²) in [7, 11) is 3.29. The molecule has 7 aromatic rings. The number of hydrogen-bond donors (Lipinski definition) is 4. The molecule has 5 aromatic heterocycles. The van der Waals surface area contributed by atoms with E-state index < -0.39 is 0 Å². The Kier molecular flexibility index (Phi) is 7.81. The second kappa shape index (κ2) is 12.7. The van der Waals surface area contributed by atoms with Crippen LogP contribution in [0, 0.1) is 0 Å². The van der Waals surface area contributed by atoms with Gasteiger partial charge >= 0.3 is 0 Å². The lowest BCUT2D eigenvalue weighted by Gasteiger charge is -2.13. The van der Waals surface area contributed by atoms with Crippen LogP contribution in [0.3, 0.4) is 0 Å². The maximum atomic E-state index is 5.56. The Labute approximate surface area is 286 Å². The fourth-order valence-electron chi connectivity index (χ4n) is 5.65. The van der Waals surface area contributed by atoms with Crippen molar-refractivity contribution in [1.29, 1.82) is 0 Å². The van der Waals surface area contributed by atoms with Crippen molar-refractivity contribution in [2.24, 2.45) is 9.98 Å². The van der Waals surface area contributed by atoms with Gasteiger partial charge in [0.15, 0.2) is 11.3 Å². The minimum atomic E-state index is 0.577. The van der Waals surface area contributed by atoms with Gasteiger partial charge in [-0.3, -0.25) is 25.2 Å². The molecule has 242 valence electrons. The van der Waals surface area contributed by atoms with Crippen LogP contribution in [0.1, 0.15) is 22.3 Å². The lowest BCUT2D eigenvalue weighted by Crippen LogP contribution is -2.00. The highest BCUT2D eigenvalue weighted by atomic mass is 79.9. The molecule has 9 rings (SSSR count). The summed E-state index contributed by atoms with van der Waals surface area (Å²) in [4.78, 5) is 29.9. The average Bonchev–Trinajstić information content (AvgIpc) is 3.95. The van der Waals surface area contributed by atoms with Crippen molar-refractivity contribution >= 4 is 73.4 Å². The van der Waals surface area contributed by atoms with E-state index >= 15 is 0 Å². The number of ether oxygens (including phenoxy) is 2. The van der Waals surface area contributed by atoms with Crippen LogP contribution in [0.15, 0.2) is 76.0 Å². The largest absolute Gasteiger partial charge is 0.495 e. The molecular formula is C33H26BrN13O2. The van der Waals surface area contributed by atoms with Crippen LogP contribution in [0.4, 0.5) is 23.0 Å². The number of rotatable bonds is 7. The summed E-state index contributed by atoms with van der Waals surface area (Å²) < 4.78 is 11.8. The van der Waals surface area contributed by atoms with Crippen molar-refractivity contribution < 1.29 is 9.47 Å². The number of methoxy groups -OCH3 is 2. The van der Waals surface area contributed by atoms with Crippen molar-refractivity contribution in [1.82, 2.24) is 45.3 Å². The summed E-state index contributed by atoms with van der Waals surface area (Å²) in [6.07, 6.45) is 10.2. The summed E-state index contributed by atoms with van der Waals surface area (Å²) in [5.74, 6) is 2.77. The van der Waals surface area contributed by atoms with Gasteiger partial charge in [-0.1, -0.05) is 0 Å². The maximum Gasteiger partial charge on any atom is 0.187 e. The highest BCUT2D eigenvalue weighted by Gasteiger charge is 2.19. The average molecular weight is 717 g/mol. The van der Waals surface area contributed by atoms with E-state index in [1.54, 1.807) is 26.6 Å². The number of H-pyrrole nitrogens is 2. The molecule has 0 amide bonds. The molecule has 16 heteroatoms. The molecule has 0 saturated heterocycles. The van der Waals surface area contributed by atoms with Crippen LogP contribution in [0.5, 0.6) is 11.5 Å². The minimum Gasteiger partial charge on any atom is -0.495 e. The Balaban J connectivity index is 0.000000145. The van der Waals surface area contributed by atoms with Gasteiger partial charge in [-0.2, -0.15) is 10.2 Å². The molecule has 0 bridgehead atoms. The van der Waals surface area contributed by atoms with Crippen LogP contribution in [-0.2, 0) is 13.1 Å². The lowest BCUT2D eigenvalue weighted by atomic mass is 10.1. The van der Waals surface area contributed by atoms with Gasteiger partial charge in [0, 0.05) is 30.4 Å². The van der Waals surface area contributed by atoms with Gasteiger partial charge in [0.1, 0.15) is 40.4 Å². The molecule has 0 aliphatic carbocycles. The smallest absolute Gasteiger partial charge is 0.187 e. The van der Waals surface area contributed by atoms with Crippen molar-refractivity contribution in [3.8, 4) is 22.8 Å². The molecule has 0 spiro atoms. The topological polar surface area (TPSA) is 189 Å². The van der Waals surface area contributed by atoms with Crippen LogP contribution < -0.4 is 20.1 Å². The fraction of sp³-hybridized carbons (Fsp3) is 0.121. The number of pyridine rings is 1. The Morgan fingerprint density at radius 3 is 1.92 bits per heavy atom. The van der Waals surface area contributed by atoms with Crippen molar-refractivity contribution in [2.45, 2.75) is 13.1 Å². The van der Waals surface area contributed by atoms with E-state index in [9.17, 15) is 0 Å². The summed E-state index contributed by atoms with van der Waals surface area (Å²) in [5, 5.41) is 22.5. The zero-order chi connectivity index (χ0) is 33.3. The van der Waals surface area contributed by atoms with Crippen molar-refractivity contribution in [2.75, 3.05) is 24.9 Å². The van der Waals surface area contributed by atoms with Crippen LogP contribution in [-0.4, -0.2) is 72.0 Å². The number of fused-ring (bicyclic) bond motifs is 4. The van der Waals surface area contributed by atoms with E-state index in [1.165, 1.54) is 12.7 Å². The number of anilines is 4. The molecule has 2 aliphatic rings. The number of aromatic nitrogens is 9. The van der Waals surface area contributed by atoms with Gasteiger partial charge in [-0.05, 0) is 74.6 Å². The summed E-state index contributed by atoms with van der Waals surface area (Å²) in [5.41, 5.74) is 8.96. The third kappa shape index (κ3) is 5.67. The highest BCUT2D eigenvalue weighted by Crippen LogP contribution is 2.37. The second-order valence-electron chi connectivity index (χ2n) is 10.9. The Morgan fingerprint density at radius 1 is 0.735 bits per heavy atom. The second-order valence-corrected chi connectivity index (χ2v) is 11.7. The van der Waals surface area contributed by atoms with Gasteiger partial charge in [0.2, 0.25) is 0 Å². The van der Waals surface area contributed by atoms with E-state index in [-0.39, 0.29) is 0 Å². The number of nitrogens with zero attached hydrogens (tertiary/aromatic N) is 9. The Hall–Kier alpha value is -6.29. The Morgan fingerprint density at radius 2 is 1.33 bits per heavy atom. The van der Waals surface area contributed by atoms with Crippen LogP contribution >= 0.6 is 15.9 Å². The zero-order valence-corrected chi connectivity index (χ0v) is 27.6. The van der Waals surface area contributed by atoms with Gasteiger partial charge < -0.3 is 20.1 Å². The van der Waals surface area contributed by atoms with Crippen LogP contribution in [0.25, 0.3) is 33.3 Å². The first-order chi connectivity index (χ1) is 24.1. The van der Waals surface area contributed by atoms with E-state index in [0.29, 0.717) is 36.0 Å². The first kappa shape index (κ1) is 30.1. The first-order valence-electron chi connectivity index (χ1n) is 15.0. The highest BCUT2D eigenvalue weighted by molar-refractivity contribution is 9.10. The lowest BCUT2D eigenvalue weighted by molar-refractivity contribution is 0.416. The number of aromatic amines is 2. The number of hydrogen-bond acceptors (Lipinski definition) is 13. The molecule has 0 fully saturated rings. The molecule has 0 radical (unpaired) electrons.